The summed E-state index contributed by atoms with van der Waals surface area (Å²) in [5.41, 5.74) is 2.34. The average molecular weight is 306 g/mol. The van der Waals surface area contributed by atoms with E-state index >= 15 is 0 Å². The van der Waals surface area contributed by atoms with Gasteiger partial charge >= 0.3 is 0 Å². The number of halogens is 1. The zero-order valence-corrected chi connectivity index (χ0v) is 12.4. The molecule has 0 spiro atoms. The lowest BCUT2D eigenvalue weighted by molar-refractivity contribution is -0.118. The monoisotopic (exact) mass is 305 g/mol. The van der Waals surface area contributed by atoms with E-state index in [0.717, 1.165) is 11.1 Å². The molecule has 2 aromatic rings. The van der Waals surface area contributed by atoms with Gasteiger partial charge in [0.2, 0.25) is 0 Å². The second kappa shape index (κ2) is 7.11. The number of carbonyl (C=O) groups excluding carboxylic acids is 1. The van der Waals surface area contributed by atoms with Crippen LogP contribution in [0, 0.1) is 6.92 Å². The minimum atomic E-state index is -0.261. The molecule has 21 heavy (non-hydrogen) atoms. The van der Waals surface area contributed by atoms with Gasteiger partial charge in [-0.3, -0.25) is 4.79 Å². The van der Waals surface area contributed by atoms with Crippen LogP contribution in [0.25, 0.3) is 0 Å². The Bertz CT molecular complexity index is 626. The standard InChI is InChI=1S/C16H16ClNO3/c1-11-2-3-12(9-19)8-15(11)18-16(20)10-21-14-6-4-13(17)5-7-14/h2-8,19H,9-10H2,1H3,(H,18,20). The molecule has 0 atom stereocenters. The number of aliphatic hydroxyl groups excluding tert-OH is 1. The zero-order chi connectivity index (χ0) is 15.2. The minimum absolute atomic E-state index is 0.0651. The average Bonchev–Trinajstić information content (AvgIpc) is 2.49. The van der Waals surface area contributed by atoms with Gasteiger partial charge in [0.1, 0.15) is 5.75 Å². The van der Waals surface area contributed by atoms with E-state index in [1.807, 2.05) is 19.1 Å². The number of nitrogens with one attached hydrogen (secondary N) is 1. The van der Waals surface area contributed by atoms with Gasteiger partial charge in [-0.05, 0) is 48.4 Å². The summed E-state index contributed by atoms with van der Waals surface area (Å²) in [4.78, 5) is 11.9. The van der Waals surface area contributed by atoms with Gasteiger partial charge in [0.25, 0.3) is 5.91 Å². The number of carbonyl (C=O) groups is 1. The summed E-state index contributed by atoms with van der Waals surface area (Å²) in [5.74, 6) is 0.318. The Morgan fingerprint density at radius 3 is 2.62 bits per heavy atom. The van der Waals surface area contributed by atoms with Gasteiger partial charge in [0, 0.05) is 10.7 Å². The first-order valence-corrected chi connectivity index (χ1v) is 6.85. The Hall–Kier alpha value is -2.04. The SMILES string of the molecule is Cc1ccc(CO)cc1NC(=O)COc1ccc(Cl)cc1. The van der Waals surface area contributed by atoms with Crippen molar-refractivity contribution in [2.45, 2.75) is 13.5 Å². The van der Waals surface area contributed by atoms with Gasteiger partial charge in [-0.25, -0.2) is 0 Å². The largest absolute Gasteiger partial charge is 0.484 e. The number of anilines is 1. The molecule has 2 aromatic carbocycles. The smallest absolute Gasteiger partial charge is 0.262 e. The molecule has 0 aromatic heterocycles. The van der Waals surface area contributed by atoms with Crippen LogP contribution in [0.15, 0.2) is 42.5 Å². The van der Waals surface area contributed by atoms with Gasteiger partial charge in [-0.15, -0.1) is 0 Å². The summed E-state index contributed by atoms with van der Waals surface area (Å²) in [6.07, 6.45) is 0. The summed E-state index contributed by atoms with van der Waals surface area (Å²) in [5, 5.41) is 12.5. The van der Waals surface area contributed by atoms with Crippen LogP contribution in [0.1, 0.15) is 11.1 Å². The van der Waals surface area contributed by atoms with Crippen LogP contribution in [0.2, 0.25) is 5.02 Å². The fourth-order valence-corrected chi connectivity index (χ4v) is 1.89. The van der Waals surface area contributed by atoms with Crippen molar-refractivity contribution in [3.05, 3.63) is 58.6 Å². The van der Waals surface area contributed by atoms with Crippen molar-refractivity contribution in [3.63, 3.8) is 0 Å². The molecule has 0 saturated heterocycles. The number of aliphatic hydroxyl groups is 1. The quantitative estimate of drug-likeness (QED) is 0.892. The summed E-state index contributed by atoms with van der Waals surface area (Å²) in [7, 11) is 0. The maximum absolute atomic E-state index is 11.9. The molecular weight excluding hydrogens is 290 g/mol. The molecule has 0 aliphatic heterocycles. The van der Waals surface area contributed by atoms with E-state index in [9.17, 15) is 4.79 Å². The number of rotatable bonds is 5. The zero-order valence-electron chi connectivity index (χ0n) is 11.6. The van der Waals surface area contributed by atoms with Gasteiger partial charge in [0.15, 0.2) is 6.61 Å². The van der Waals surface area contributed by atoms with Crippen LogP contribution in [0.5, 0.6) is 5.75 Å². The molecule has 2 rings (SSSR count). The Labute approximate surface area is 128 Å². The second-order valence-electron chi connectivity index (χ2n) is 4.60. The lowest BCUT2D eigenvalue weighted by atomic mass is 10.1. The highest BCUT2D eigenvalue weighted by Gasteiger charge is 2.07. The van der Waals surface area contributed by atoms with Crippen LogP contribution in [0.3, 0.4) is 0 Å². The molecule has 0 fully saturated rings. The molecule has 0 heterocycles. The van der Waals surface area contributed by atoms with Crippen molar-refractivity contribution in [2.75, 3.05) is 11.9 Å². The van der Waals surface area contributed by atoms with Crippen molar-refractivity contribution < 1.29 is 14.6 Å². The predicted octanol–water partition coefficient (Wildman–Crippen LogP) is 3.16. The predicted molar refractivity (Wildman–Crippen MR) is 82.7 cm³/mol. The molecule has 0 bridgehead atoms. The topological polar surface area (TPSA) is 58.6 Å². The fraction of sp³-hybridized carbons (Fsp3) is 0.188. The van der Waals surface area contributed by atoms with Gasteiger partial charge in [0.05, 0.1) is 6.61 Å². The molecule has 0 saturated carbocycles. The highest BCUT2D eigenvalue weighted by Crippen LogP contribution is 2.18. The number of ether oxygens (including phenoxy) is 1. The molecule has 0 aliphatic rings. The first kappa shape index (κ1) is 15.4. The van der Waals surface area contributed by atoms with E-state index in [2.05, 4.69) is 5.32 Å². The van der Waals surface area contributed by atoms with E-state index in [0.29, 0.717) is 16.5 Å². The van der Waals surface area contributed by atoms with Crippen molar-refractivity contribution in [1.82, 2.24) is 0 Å². The molecule has 5 heteroatoms. The van der Waals surface area contributed by atoms with E-state index in [4.69, 9.17) is 21.4 Å². The summed E-state index contributed by atoms with van der Waals surface area (Å²) < 4.78 is 5.37. The lowest BCUT2D eigenvalue weighted by Gasteiger charge is -2.11. The van der Waals surface area contributed by atoms with Crippen molar-refractivity contribution in [3.8, 4) is 5.75 Å². The maximum atomic E-state index is 11.9. The molecular formula is C16H16ClNO3. The Morgan fingerprint density at radius 2 is 1.95 bits per heavy atom. The summed E-state index contributed by atoms with van der Waals surface area (Å²) in [6, 6.07) is 12.2. The molecule has 0 unspecified atom stereocenters. The number of benzene rings is 2. The summed E-state index contributed by atoms with van der Waals surface area (Å²) >= 11 is 5.77. The minimum Gasteiger partial charge on any atom is -0.484 e. The maximum Gasteiger partial charge on any atom is 0.262 e. The molecule has 2 N–H and O–H groups in total. The van der Waals surface area contributed by atoms with Crippen LogP contribution in [-0.2, 0) is 11.4 Å². The van der Waals surface area contributed by atoms with Crippen molar-refractivity contribution in [2.24, 2.45) is 0 Å². The highest BCUT2D eigenvalue weighted by molar-refractivity contribution is 6.30. The Morgan fingerprint density at radius 1 is 1.24 bits per heavy atom. The van der Waals surface area contributed by atoms with Crippen LogP contribution in [-0.4, -0.2) is 17.6 Å². The second-order valence-corrected chi connectivity index (χ2v) is 5.03. The molecule has 0 radical (unpaired) electrons. The lowest BCUT2D eigenvalue weighted by Crippen LogP contribution is -2.20. The van der Waals surface area contributed by atoms with Crippen molar-refractivity contribution >= 4 is 23.2 Å². The van der Waals surface area contributed by atoms with Crippen LogP contribution in [0.4, 0.5) is 5.69 Å². The van der Waals surface area contributed by atoms with Crippen molar-refractivity contribution in [1.29, 1.82) is 0 Å². The molecule has 4 nitrogen and oxygen atoms in total. The normalized spacial score (nSPS) is 10.2. The van der Waals surface area contributed by atoms with E-state index in [-0.39, 0.29) is 19.1 Å². The first-order chi connectivity index (χ1) is 10.1. The third-order valence-electron chi connectivity index (χ3n) is 2.94. The third kappa shape index (κ3) is 4.48. The van der Waals surface area contributed by atoms with E-state index in [1.165, 1.54) is 0 Å². The molecule has 110 valence electrons. The van der Waals surface area contributed by atoms with E-state index < -0.39 is 0 Å². The number of hydrogen-bond acceptors (Lipinski definition) is 3. The molecule has 1 amide bonds. The summed E-state index contributed by atoms with van der Waals surface area (Å²) in [6.45, 7) is 1.73. The van der Waals surface area contributed by atoms with E-state index in [1.54, 1.807) is 30.3 Å². The van der Waals surface area contributed by atoms with Gasteiger partial charge in [-0.2, -0.15) is 0 Å². The Kier molecular flexibility index (Phi) is 5.20. The molecule has 0 aliphatic carbocycles. The van der Waals surface area contributed by atoms with Gasteiger partial charge in [-0.1, -0.05) is 23.7 Å². The number of aryl methyl sites for hydroxylation is 1. The van der Waals surface area contributed by atoms with Gasteiger partial charge < -0.3 is 15.2 Å². The fourth-order valence-electron chi connectivity index (χ4n) is 1.77. The number of hydrogen-bond donors (Lipinski definition) is 2. The third-order valence-corrected chi connectivity index (χ3v) is 3.19. The first-order valence-electron chi connectivity index (χ1n) is 6.47. The Balaban J connectivity index is 1.94. The van der Waals surface area contributed by atoms with Crippen LogP contribution >= 0.6 is 11.6 Å². The van der Waals surface area contributed by atoms with Crippen LogP contribution < -0.4 is 10.1 Å². The highest BCUT2D eigenvalue weighted by atomic mass is 35.5. The number of amides is 1.